The van der Waals surface area contributed by atoms with Gasteiger partial charge in [0, 0.05) is 31.1 Å². The number of nitrogens with zero attached hydrogens (tertiary/aromatic N) is 2. The molecule has 0 bridgehead atoms. The molecule has 5 nitrogen and oxygen atoms in total. The molecule has 0 fully saturated rings. The van der Waals surface area contributed by atoms with Crippen molar-refractivity contribution in [3.8, 4) is 0 Å². The first-order chi connectivity index (χ1) is 9.34. The fourth-order valence-electron chi connectivity index (χ4n) is 1.70. The molecule has 0 radical (unpaired) electrons. The van der Waals surface area contributed by atoms with Crippen molar-refractivity contribution in [2.24, 2.45) is 5.92 Å². The predicted octanol–water partition coefficient (Wildman–Crippen LogP) is 1.86. The van der Waals surface area contributed by atoms with Crippen LogP contribution in [0.2, 0.25) is 0 Å². The summed E-state index contributed by atoms with van der Waals surface area (Å²) in [6, 6.07) is 0. The third-order valence-electron chi connectivity index (χ3n) is 2.93. The molecule has 0 aliphatic rings. The lowest BCUT2D eigenvalue weighted by Gasteiger charge is -2.22. The Morgan fingerprint density at radius 2 is 2.25 bits per heavy atom. The summed E-state index contributed by atoms with van der Waals surface area (Å²) in [6.45, 7) is 9.10. The van der Waals surface area contributed by atoms with Gasteiger partial charge in [-0.1, -0.05) is 18.7 Å². The van der Waals surface area contributed by atoms with Crippen LogP contribution >= 0.6 is 11.8 Å². The number of aromatic nitrogens is 2. The third-order valence-corrected chi connectivity index (χ3v) is 3.90. The van der Waals surface area contributed by atoms with Gasteiger partial charge in [-0.25, -0.2) is 4.98 Å². The van der Waals surface area contributed by atoms with Gasteiger partial charge >= 0.3 is 0 Å². The zero-order valence-electron chi connectivity index (χ0n) is 12.7. The number of nitrogens with one attached hydrogen (secondary N) is 1. The minimum Gasteiger partial charge on any atom is -0.396 e. The van der Waals surface area contributed by atoms with Crippen molar-refractivity contribution in [2.45, 2.75) is 44.8 Å². The average molecular weight is 299 g/mol. The summed E-state index contributed by atoms with van der Waals surface area (Å²) in [5.74, 6) is 0.660. The van der Waals surface area contributed by atoms with E-state index in [0.29, 0.717) is 24.6 Å². The highest BCUT2D eigenvalue weighted by atomic mass is 32.2. The molecule has 1 amide bonds. The normalized spacial score (nSPS) is 13.2. The van der Waals surface area contributed by atoms with Crippen LogP contribution in [0.4, 0.5) is 0 Å². The second kappa shape index (κ2) is 7.69. The summed E-state index contributed by atoms with van der Waals surface area (Å²) in [5.41, 5.74) is -0.0368. The Bertz CT molecular complexity index is 426. The van der Waals surface area contributed by atoms with Crippen LogP contribution in [0.15, 0.2) is 17.6 Å². The zero-order chi connectivity index (χ0) is 15.2. The molecule has 1 rings (SSSR count). The lowest BCUT2D eigenvalue weighted by molar-refractivity contribution is -0.118. The highest BCUT2D eigenvalue weighted by molar-refractivity contribution is 7.99. The van der Waals surface area contributed by atoms with Gasteiger partial charge in [-0.3, -0.25) is 4.79 Å². The fraction of sp³-hybridized carbons (Fsp3) is 0.714. The van der Waals surface area contributed by atoms with Crippen LogP contribution in [0, 0.1) is 5.92 Å². The Morgan fingerprint density at radius 3 is 2.85 bits per heavy atom. The number of carbonyl (C=O) groups excluding carboxylic acids is 1. The number of carbonyl (C=O) groups is 1. The molecule has 1 aromatic rings. The molecule has 1 unspecified atom stereocenters. The van der Waals surface area contributed by atoms with Crippen LogP contribution in [-0.4, -0.2) is 39.5 Å². The fourth-order valence-corrected chi connectivity index (χ4v) is 2.67. The number of imidazole rings is 1. The topological polar surface area (TPSA) is 67.2 Å². The number of amides is 1. The zero-order valence-corrected chi connectivity index (χ0v) is 13.5. The molecule has 114 valence electrons. The molecule has 0 saturated carbocycles. The summed E-state index contributed by atoms with van der Waals surface area (Å²) in [6.07, 6.45) is 4.40. The molecule has 0 spiro atoms. The molecule has 20 heavy (non-hydrogen) atoms. The van der Waals surface area contributed by atoms with E-state index in [1.54, 1.807) is 6.20 Å². The summed E-state index contributed by atoms with van der Waals surface area (Å²) >= 11 is 1.44. The summed E-state index contributed by atoms with van der Waals surface area (Å²) < 4.78 is 2.07. The lowest BCUT2D eigenvalue weighted by Crippen LogP contribution is -2.30. The standard InChI is InChI=1S/C14H25N3O2S/c1-11(5-8-18)9-16-12(19)10-20-13-15-6-7-17(13)14(2,3)4/h6-7,11,18H,5,8-10H2,1-4H3,(H,16,19). The molecular weight excluding hydrogens is 274 g/mol. The quantitative estimate of drug-likeness (QED) is 0.754. The van der Waals surface area contributed by atoms with Gasteiger partial charge < -0.3 is 15.0 Å². The summed E-state index contributed by atoms with van der Waals surface area (Å²) in [7, 11) is 0. The number of thioether (sulfide) groups is 1. The predicted molar refractivity (Wildman–Crippen MR) is 81.8 cm³/mol. The molecule has 1 aromatic heterocycles. The number of hydrogen-bond acceptors (Lipinski definition) is 4. The van der Waals surface area contributed by atoms with Crippen molar-refractivity contribution in [2.75, 3.05) is 18.9 Å². The Labute approximate surface area is 125 Å². The van der Waals surface area contributed by atoms with E-state index < -0.39 is 0 Å². The van der Waals surface area contributed by atoms with Crippen molar-refractivity contribution in [1.29, 1.82) is 0 Å². The molecule has 0 aliphatic carbocycles. The highest BCUT2D eigenvalue weighted by Crippen LogP contribution is 2.23. The first kappa shape index (κ1) is 17.0. The van der Waals surface area contributed by atoms with Crippen molar-refractivity contribution < 1.29 is 9.90 Å². The van der Waals surface area contributed by atoms with Crippen LogP contribution in [0.1, 0.15) is 34.1 Å². The van der Waals surface area contributed by atoms with Crippen molar-refractivity contribution in [3.63, 3.8) is 0 Å². The van der Waals surface area contributed by atoms with E-state index in [0.717, 1.165) is 5.16 Å². The van der Waals surface area contributed by atoms with Gasteiger partial charge in [0.1, 0.15) is 0 Å². The second-order valence-corrected chi connectivity index (χ2v) is 6.90. The minimum atomic E-state index is -0.0368. The first-order valence-corrected chi connectivity index (χ1v) is 7.87. The van der Waals surface area contributed by atoms with E-state index in [9.17, 15) is 4.79 Å². The van der Waals surface area contributed by atoms with Crippen LogP contribution in [0.25, 0.3) is 0 Å². The maximum atomic E-state index is 11.8. The molecule has 0 aromatic carbocycles. The van der Waals surface area contributed by atoms with Gasteiger partial charge in [0.05, 0.1) is 5.75 Å². The van der Waals surface area contributed by atoms with Crippen LogP contribution in [0.3, 0.4) is 0 Å². The van der Waals surface area contributed by atoms with E-state index in [1.807, 2.05) is 13.1 Å². The molecule has 1 heterocycles. The van der Waals surface area contributed by atoms with Crippen molar-refractivity contribution in [3.05, 3.63) is 12.4 Å². The molecule has 2 N–H and O–H groups in total. The lowest BCUT2D eigenvalue weighted by atomic mass is 10.1. The Kier molecular flexibility index (Phi) is 6.55. The van der Waals surface area contributed by atoms with Crippen molar-refractivity contribution in [1.82, 2.24) is 14.9 Å². The molecule has 0 saturated heterocycles. The Balaban J connectivity index is 2.40. The third kappa shape index (κ3) is 5.54. The Morgan fingerprint density at radius 1 is 1.55 bits per heavy atom. The number of rotatable bonds is 7. The van der Waals surface area contributed by atoms with Gasteiger partial charge in [0.25, 0.3) is 0 Å². The monoisotopic (exact) mass is 299 g/mol. The van der Waals surface area contributed by atoms with Gasteiger partial charge in [-0.15, -0.1) is 0 Å². The van der Waals surface area contributed by atoms with Gasteiger partial charge in [0.2, 0.25) is 5.91 Å². The van der Waals surface area contributed by atoms with Crippen LogP contribution in [-0.2, 0) is 10.3 Å². The highest BCUT2D eigenvalue weighted by Gasteiger charge is 2.17. The second-order valence-electron chi connectivity index (χ2n) is 5.96. The van der Waals surface area contributed by atoms with Gasteiger partial charge in [-0.2, -0.15) is 0 Å². The maximum Gasteiger partial charge on any atom is 0.230 e. The average Bonchev–Trinajstić information content (AvgIpc) is 2.82. The number of hydrogen-bond donors (Lipinski definition) is 2. The largest absolute Gasteiger partial charge is 0.396 e. The summed E-state index contributed by atoms with van der Waals surface area (Å²) in [5, 5.41) is 12.5. The van der Waals surface area contributed by atoms with Gasteiger partial charge in [0.15, 0.2) is 5.16 Å². The molecule has 1 atom stereocenters. The Hall–Kier alpha value is -1.01. The van der Waals surface area contributed by atoms with Crippen LogP contribution in [0.5, 0.6) is 0 Å². The summed E-state index contributed by atoms with van der Waals surface area (Å²) in [4.78, 5) is 16.1. The molecule has 0 aliphatic heterocycles. The first-order valence-electron chi connectivity index (χ1n) is 6.88. The van der Waals surface area contributed by atoms with E-state index in [2.05, 4.69) is 35.6 Å². The van der Waals surface area contributed by atoms with Crippen LogP contribution < -0.4 is 5.32 Å². The smallest absolute Gasteiger partial charge is 0.230 e. The van der Waals surface area contributed by atoms with Gasteiger partial charge in [-0.05, 0) is 33.1 Å². The number of aliphatic hydroxyl groups excluding tert-OH is 1. The van der Waals surface area contributed by atoms with Crippen molar-refractivity contribution >= 4 is 17.7 Å². The molecule has 6 heteroatoms. The van der Waals surface area contributed by atoms with E-state index in [4.69, 9.17) is 5.11 Å². The maximum absolute atomic E-state index is 11.8. The van der Waals surface area contributed by atoms with E-state index in [-0.39, 0.29) is 18.1 Å². The van der Waals surface area contributed by atoms with E-state index >= 15 is 0 Å². The SMILES string of the molecule is CC(CCO)CNC(=O)CSc1nccn1C(C)(C)C. The minimum absolute atomic E-state index is 0.00301. The number of aliphatic hydroxyl groups is 1. The molecular formula is C14H25N3O2S. The van der Waals surface area contributed by atoms with E-state index in [1.165, 1.54) is 11.8 Å².